The van der Waals surface area contributed by atoms with E-state index >= 15 is 0 Å². The minimum Gasteiger partial charge on any atom is -0.462 e. The quantitative estimate of drug-likeness (QED) is 0.697. The molecule has 1 aliphatic rings. The van der Waals surface area contributed by atoms with Crippen LogP contribution in [0.5, 0.6) is 0 Å². The molecule has 146 valence electrons. The van der Waals surface area contributed by atoms with Crippen LogP contribution in [0, 0.1) is 5.92 Å². The predicted molar refractivity (Wildman–Crippen MR) is 112 cm³/mol. The first kappa shape index (κ1) is 21.5. The lowest BCUT2D eigenvalue weighted by molar-refractivity contribution is -0.152. The highest BCUT2D eigenvalue weighted by Gasteiger charge is 2.44. The molecule has 3 rings (SSSR count). The number of carbonyl (C=O) groups is 1. The van der Waals surface area contributed by atoms with Gasteiger partial charge in [-0.3, -0.25) is 4.79 Å². The van der Waals surface area contributed by atoms with Gasteiger partial charge in [-0.2, -0.15) is 0 Å². The van der Waals surface area contributed by atoms with Crippen LogP contribution in [0.15, 0.2) is 60.7 Å². The minimum atomic E-state index is -0.175. The summed E-state index contributed by atoms with van der Waals surface area (Å²) < 4.78 is 5.70. The normalized spacial score (nSPS) is 21.3. The van der Waals surface area contributed by atoms with Gasteiger partial charge >= 0.3 is 5.97 Å². The third kappa shape index (κ3) is 4.91. The van der Waals surface area contributed by atoms with Crippen LogP contribution in [0.25, 0.3) is 0 Å². The van der Waals surface area contributed by atoms with Crippen molar-refractivity contribution in [1.29, 1.82) is 0 Å². The Morgan fingerprint density at radius 1 is 1.04 bits per heavy atom. The third-order valence-electron chi connectivity index (χ3n) is 5.56. The average Bonchev–Trinajstić information content (AvgIpc) is 2.64. The summed E-state index contributed by atoms with van der Waals surface area (Å²) in [6, 6.07) is 21.6. The summed E-state index contributed by atoms with van der Waals surface area (Å²) in [6.07, 6.45) is 2.86. The van der Waals surface area contributed by atoms with E-state index < -0.39 is 0 Å². The van der Waals surface area contributed by atoms with Crippen LogP contribution in [0.4, 0.5) is 0 Å². The summed E-state index contributed by atoms with van der Waals surface area (Å²) in [7, 11) is 4.18. The highest BCUT2D eigenvalue weighted by molar-refractivity contribution is 5.85. The van der Waals surface area contributed by atoms with Crippen molar-refractivity contribution < 1.29 is 9.53 Å². The van der Waals surface area contributed by atoms with Crippen LogP contribution in [0.3, 0.4) is 0 Å². The molecule has 0 radical (unpaired) electrons. The fourth-order valence-corrected chi connectivity index (χ4v) is 4.53. The fourth-order valence-electron chi connectivity index (χ4n) is 4.53. The van der Waals surface area contributed by atoms with Gasteiger partial charge in [0, 0.05) is 24.8 Å². The Balaban J connectivity index is 0.00000261. The van der Waals surface area contributed by atoms with E-state index in [0.29, 0.717) is 5.92 Å². The molecular weight excluding hydrogens is 358 g/mol. The highest BCUT2D eigenvalue weighted by atomic mass is 35.5. The number of rotatable bonds is 5. The summed E-state index contributed by atoms with van der Waals surface area (Å²) in [4.78, 5) is 13.8. The Labute approximate surface area is 169 Å². The average molecular weight is 388 g/mol. The lowest BCUT2D eigenvalue weighted by atomic mass is 9.61. The van der Waals surface area contributed by atoms with Gasteiger partial charge in [0.15, 0.2) is 0 Å². The van der Waals surface area contributed by atoms with E-state index in [0.717, 1.165) is 25.8 Å². The molecule has 1 saturated carbocycles. The number of nitrogens with zero attached hydrogens (tertiary/aromatic N) is 1. The van der Waals surface area contributed by atoms with Gasteiger partial charge in [-0.1, -0.05) is 60.7 Å². The van der Waals surface area contributed by atoms with E-state index in [-0.39, 0.29) is 29.9 Å². The first-order valence-electron chi connectivity index (χ1n) is 9.44. The molecule has 3 nitrogen and oxygen atoms in total. The van der Waals surface area contributed by atoms with Crippen LogP contribution in [-0.2, 0) is 14.9 Å². The maximum absolute atomic E-state index is 11.6. The van der Waals surface area contributed by atoms with Gasteiger partial charge in [0.25, 0.3) is 0 Å². The first-order valence-corrected chi connectivity index (χ1v) is 9.44. The molecule has 0 N–H and O–H groups in total. The zero-order chi connectivity index (χ0) is 18.6. The maximum Gasteiger partial charge on any atom is 0.302 e. The van der Waals surface area contributed by atoms with Crippen LogP contribution in [-0.4, -0.2) is 37.6 Å². The Kier molecular flexibility index (Phi) is 7.46. The predicted octanol–water partition coefficient (Wildman–Crippen LogP) is 4.69. The number of carbonyl (C=O) groups excluding carboxylic acids is 1. The van der Waals surface area contributed by atoms with Gasteiger partial charge in [0.2, 0.25) is 0 Å². The van der Waals surface area contributed by atoms with Gasteiger partial charge in [0.05, 0.1) is 0 Å². The molecule has 0 saturated heterocycles. The first-order chi connectivity index (χ1) is 12.5. The second-order valence-electron chi connectivity index (χ2n) is 7.73. The lowest BCUT2D eigenvalue weighted by Crippen LogP contribution is -2.45. The number of benzene rings is 2. The monoisotopic (exact) mass is 387 g/mol. The summed E-state index contributed by atoms with van der Waals surface area (Å²) in [5.41, 5.74) is 2.69. The molecule has 2 aromatic rings. The SMILES string of the molecule is CC(=O)OC1CCC(c2ccccc2)(c2ccccc2)CC1CN(C)C.Cl. The molecule has 0 amide bonds. The summed E-state index contributed by atoms with van der Waals surface area (Å²) in [5.74, 6) is 0.133. The molecule has 2 aromatic carbocycles. The zero-order valence-corrected chi connectivity index (χ0v) is 17.2. The van der Waals surface area contributed by atoms with Crippen molar-refractivity contribution in [3.8, 4) is 0 Å². The van der Waals surface area contributed by atoms with Crippen LogP contribution < -0.4 is 0 Å². The lowest BCUT2D eigenvalue weighted by Gasteiger charge is -2.46. The molecule has 0 bridgehead atoms. The number of ether oxygens (including phenoxy) is 1. The minimum absolute atomic E-state index is 0. The van der Waals surface area contributed by atoms with Gasteiger partial charge in [-0.05, 0) is 44.5 Å². The number of halogens is 1. The smallest absolute Gasteiger partial charge is 0.302 e. The van der Waals surface area contributed by atoms with Crippen molar-refractivity contribution >= 4 is 18.4 Å². The highest BCUT2D eigenvalue weighted by Crippen LogP contribution is 2.47. The summed E-state index contributed by atoms with van der Waals surface area (Å²) in [5, 5.41) is 0. The van der Waals surface area contributed by atoms with Crippen molar-refractivity contribution in [3.63, 3.8) is 0 Å². The van der Waals surface area contributed by atoms with Gasteiger partial charge < -0.3 is 9.64 Å². The fraction of sp³-hybridized carbons (Fsp3) is 0.435. The van der Waals surface area contributed by atoms with Crippen molar-refractivity contribution in [2.75, 3.05) is 20.6 Å². The van der Waals surface area contributed by atoms with Crippen molar-refractivity contribution in [1.82, 2.24) is 4.90 Å². The van der Waals surface area contributed by atoms with E-state index in [2.05, 4.69) is 79.7 Å². The Bertz CT molecular complexity index is 678. The van der Waals surface area contributed by atoms with Gasteiger partial charge in [-0.25, -0.2) is 0 Å². The Hall–Kier alpha value is -1.84. The van der Waals surface area contributed by atoms with E-state index in [4.69, 9.17) is 4.74 Å². The van der Waals surface area contributed by atoms with Crippen LogP contribution in [0.1, 0.15) is 37.3 Å². The molecule has 0 spiro atoms. The molecule has 1 fully saturated rings. The standard InChI is InChI=1S/C23H29NO2.ClH/c1-18(25)26-22-14-15-23(16-19(22)17-24(2)3,20-10-6-4-7-11-20)21-12-8-5-9-13-21;/h4-13,19,22H,14-17H2,1-3H3;1H. The summed E-state index contributed by atoms with van der Waals surface area (Å²) in [6.45, 7) is 2.43. The maximum atomic E-state index is 11.6. The van der Waals surface area contributed by atoms with Gasteiger partial charge in [-0.15, -0.1) is 12.4 Å². The molecule has 2 atom stereocenters. The summed E-state index contributed by atoms with van der Waals surface area (Å²) >= 11 is 0. The molecular formula is C23H30ClNO2. The van der Waals surface area contributed by atoms with Crippen LogP contribution >= 0.6 is 12.4 Å². The zero-order valence-electron chi connectivity index (χ0n) is 16.4. The second-order valence-corrected chi connectivity index (χ2v) is 7.73. The molecule has 27 heavy (non-hydrogen) atoms. The topological polar surface area (TPSA) is 29.5 Å². The molecule has 0 heterocycles. The molecule has 0 aromatic heterocycles. The number of hydrogen-bond donors (Lipinski definition) is 0. The van der Waals surface area contributed by atoms with E-state index in [1.807, 2.05) is 0 Å². The van der Waals surface area contributed by atoms with E-state index in [1.165, 1.54) is 18.1 Å². The van der Waals surface area contributed by atoms with Crippen molar-refractivity contribution in [2.24, 2.45) is 5.92 Å². The Morgan fingerprint density at radius 2 is 1.56 bits per heavy atom. The van der Waals surface area contributed by atoms with E-state index in [1.54, 1.807) is 0 Å². The largest absolute Gasteiger partial charge is 0.462 e. The van der Waals surface area contributed by atoms with Crippen LogP contribution in [0.2, 0.25) is 0 Å². The number of hydrogen-bond acceptors (Lipinski definition) is 3. The Morgan fingerprint density at radius 3 is 2.00 bits per heavy atom. The molecule has 1 aliphatic carbocycles. The molecule has 2 unspecified atom stereocenters. The molecule has 0 aliphatic heterocycles. The van der Waals surface area contributed by atoms with Crippen molar-refractivity contribution in [3.05, 3.63) is 71.8 Å². The third-order valence-corrected chi connectivity index (χ3v) is 5.56. The van der Waals surface area contributed by atoms with Gasteiger partial charge in [0.1, 0.15) is 6.10 Å². The number of esters is 1. The molecule has 4 heteroatoms. The van der Waals surface area contributed by atoms with E-state index in [9.17, 15) is 4.79 Å². The van der Waals surface area contributed by atoms with Crippen molar-refractivity contribution in [2.45, 2.75) is 37.7 Å². The second kappa shape index (κ2) is 9.38.